The number of esters is 1. The van der Waals surface area contributed by atoms with Gasteiger partial charge in [-0.2, -0.15) is 13.2 Å². The zero-order chi connectivity index (χ0) is 16.3. The van der Waals surface area contributed by atoms with Crippen molar-refractivity contribution >= 4 is 11.9 Å². The van der Waals surface area contributed by atoms with Gasteiger partial charge in [-0.1, -0.05) is 13.3 Å². The molecule has 0 bridgehead atoms. The van der Waals surface area contributed by atoms with Crippen molar-refractivity contribution in [3.05, 3.63) is 0 Å². The maximum atomic E-state index is 12.4. The largest absolute Gasteiger partial charge is 0.471 e. The fraction of sp³-hybridized carbons (Fsp3) is 0.857. The zero-order valence-corrected chi connectivity index (χ0v) is 12.6. The van der Waals surface area contributed by atoms with E-state index in [-0.39, 0.29) is 13.1 Å². The van der Waals surface area contributed by atoms with E-state index < -0.39 is 29.6 Å². The van der Waals surface area contributed by atoms with E-state index in [1.807, 2.05) is 6.92 Å². The van der Waals surface area contributed by atoms with Gasteiger partial charge in [-0.05, 0) is 33.1 Å². The molecule has 1 saturated heterocycles. The minimum absolute atomic E-state index is 0.0283. The monoisotopic (exact) mass is 309 g/mol. The molecule has 4 nitrogen and oxygen atoms in total. The molecule has 0 aliphatic carbocycles. The van der Waals surface area contributed by atoms with Gasteiger partial charge in [0.1, 0.15) is 5.60 Å². The highest BCUT2D eigenvalue weighted by atomic mass is 19.4. The highest BCUT2D eigenvalue weighted by Gasteiger charge is 2.44. The van der Waals surface area contributed by atoms with Crippen LogP contribution in [0.2, 0.25) is 0 Å². The van der Waals surface area contributed by atoms with Gasteiger partial charge in [0, 0.05) is 13.1 Å². The first-order valence-corrected chi connectivity index (χ1v) is 7.16. The fourth-order valence-electron chi connectivity index (χ4n) is 2.54. The summed E-state index contributed by atoms with van der Waals surface area (Å²) in [6, 6.07) is 0. The molecule has 0 spiro atoms. The molecule has 21 heavy (non-hydrogen) atoms. The standard InChI is InChI=1S/C14H22F3NO3/c1-4-7-13(2,3)21-11(19)10-6-5-8-18(9-10)12(20)14(15,16)17/h10H,4-9H2,1-3H3/t10-/m1/s1. The summed E-state index contributed by atoms with van der Waals surface area (Å²) in [4.78, 5) is 24.0. The van der Waals surface area contributed by atoms with E-state index in [1.165, 1.54) is 0 Å². The molecule has 1 rings (SSSR count). The topological polar surface area (TPSA) is 46.6 Å². The third-order valence-electron chi connectivity index (χ3n) is 3.51. The summed E-state index contributed by atoms with van der Waals surface area (Å²) in [5, 5.41) is 0. The number of amides is 1. The summed E-state index contributed by atoms with van der Waals surface area (Å²) < 4.78 is 42.7. The van der Waals surface area contributed by atoms with Crippen LogP contribution in [0.25, 0.3) is 0 Å². The van der Waals surface area contributed by atoms with Crippen LogP contribution in [0.4, 0.5) is 13.2 Å². The number of alkyl halides is 3. The Bertz CT molecular complexity index is 393. The Balaban J connectivity index is 2.64. The smallest absolute Gasteiger partial charge is 0.459 e. The quantitative estimate of drug-likeness (QED) is 0.750. The zero-order valence-electron chi connectivity index (χ0n) is 12.6. The van der Waals surface area contributed by atoms with Gasteiger partial charge in [-0.25, -0.2) is 0 Å². The number of likely N-dealkylation sites (tertiary alicyclic amines) is 1. The molecule has 0 aromatic rings. The van der Waals surface area contributed by atoms with Crippen molar-refractivity contribution in [1.82, 2.24) is 4.90 Å². The molecule has 1 fully saturated rings. The van der Waals surface area contributed by atoms with Crippen LogP contribution >= 0.6 is 0 Å². The van der Waals surface area contributed by atoms with Crippen LogP contribution in [0, 0.1) is 5.92 Å². The third-order valence-corrected chi connectivity index (χ3v) is 3.51. The van der Waals surface area contributed by atoms with Gasteiger partial charge in [-0.15, -0.1) is 0 Å². The van der Waals surface area contributed by atoms with Crippen molar-refractivity contribution < 1.29 is 27.5 Å². The van der Waals surface area contributed by atoms with E-state index in [2.05, 4.69) is 0 Å². The van der Waals surface area contributed by atoms with Crippen molar-refractivity contribution in [2.75, 3.05) is 13.1 Å². The van der Waals surface area contributed by atoms with Crippen LogP contribution in [0.1, 0.15) is 46.5 Å². The molecule has 1 aliphatic heterocycles. The second-order valence-electron chi connectivity index (χ2n) is 6.02. The molecule has 7 heteroatoms. The van der Waals surface area contributed by atoms with Crippen LogP contribution in [0.15, 0.2) is 0 Å². The van der Waals surface area contributed by atoms with E-state index >= 15 is 0 Å². The average molecular weight is 309 g/mol. The first-order valence-electron chi connectivity index (χ1n) is 7.16. The van der Waals surface area contributed by atoms with Crippen molar-refractivity contribution in [3.63, 3.8) is 0 Å². The van der Waals surface area contributed by atoms with Crippen LogP contribution in [0.5, 0.6) is 0 Å². The van der Waals surface area contributed by atoms with Crippen LogP contribution in [-0.4, -0.2) is 41.6 Å². The highest BCUT2D eigenvalue weighted by molar-refractivity contribution is 5.83. The summed E-state index contributed by atoms with van der Waals surface area (Å²) in [6.45, 7) is 5.31. The lowest BCUT2D eigenvalue weighted by atomic mass is 9.97. The molecule has 0 radical (unpaired) electrons. The highest BCUT2D eigenvalue weighted by Crippen LogP contribution is 2.26. The minimum atomic E-state index is -4.90. The number of rotatable bonds is 4. The number of hydrogen-bond donors (Lipinski definition) is 0. The van der Waals surface area contributed by atoms with Gasteiger partial charge >= 0.3 is 18.1 Å². The van der Waals surface area contributed by atoms with E-state index in [1.54, 1.807) is 13.8 Å². The molecular formula is C14H22F3NO3. The number of hydrogen-bond acceptors (Lipinski definition) is 3. The Morgan fingerprint density at radius 1 is 1.29 bits per heavy atom. The number of piperidine rings is 1. The second-order valence-corrected chi connectivity index (χ2v) is 6.02. The molecule has 0 aromatic carbocycles. The van der Waals surface area contributed by atoms with Gasteiger partial charge in [-0.3, -0.25) is 9.59 Å². The van der Waals surface area contributed by atoms with Gasteiger partial charge in [0.2, 0.25) is 0 Å². The molecule has 1 atom stereocenters. The first kappa shape index (κ1) is 17.8. The predicted octanol–water partition coefficient (Wildman–Crippen LogP) is 2.91. The molecule has 1 heterocycles. The first-order chi connectivity index (χ1) is 9.57. The van der Waals surface area contributed by atoms with E-state index in [9.17, 15) is 22.8 Å². The number of ether oxygens (including phenoxy) is 1. The van der Waals surface area contributed by atoms with Crippen molar-refractivity contribution in [3.8, 4) is 0 Å². The Hall–Kier alpha value is -1.27. The number of carbonyl (C=O) groups excluding carboxylic acids is 2. The molecular weight excluding hydrogens is 287 g/mol. The number of nitrogens with zero attached hydrogens (tertiary/aromatic N) is 1. The van der Waals surface area contributed by atoms with E-state index in [0.717, 1.165) is 6.42 Å². The van der Waals surface area contributed by atoms with E-state index in [4.69, 9.17) is 4.74 Å². The molecule has 1 aliphatic rings. The molecule has 1 amide bonds. The van der Waals surface area contributed by atoms with Gasteiger partial charge in [0.25, 0.3) is 0 Å². The average Bonchev–Trinajstić information content (AvgIpc) is 2.36. The third kappa shape index (κ3) is 5.21. The lowest BCUT2D eigenvalue weighted by molar-refractivity contribution is -0.188. The minimum Gasteiger partial charge on any atom is -0.459 e. The van der Waals surface area contributed by atoms with Crippen molar-refractivity contribution in [2.45, 2.75) is 58.2 Å². The summed E-state index contributed by atoms with van der Waals surface area (Å²) >= 11 is 0. The second kappa shape index (κ2) is 6.66. The van der Waals surface area contributed by atoms with Crippen LogP contribution in [0.3, 0.4) is 0 Å². The molecule has 0 unspecified atom stereocenters. The molecule has 0 saturated carbocycles. The summed E-state index contributed by atoms with van der Waals surface area (Å²) in [5.41, 5.74) is -0.637. The molecule has 0 aromatic heterocycles. The SMILES string of the molecule is CCCC(C)(C)OC(=O)[C@@H]1CCCN(C(=O)C(F)(F)F)C1. The van der Waals surface area contributed by atoms with Crippen molar-refractivity contribution in [2.24, 2.45) is 5.92 Å². The van der Waals surface area contributed by atoms with Gasteiger partial charge < -0.3 is 9.64 Å². The Labute approximate surface area is 122 Å². The molecule has 0 N–H and O–H groups in total. The maximum absolute atomic E-state index is 12.4. The maximum Gasteiger partial charge on any atom is 0.471 e. The summed E-state index contributed by atoms with van der Waals surface area (Å²) in [5.74, 6) is -3.08. The Morgan fingerprint density at radius 3 is 2.43 bits per heavy atom. The van der Waals surface area contributed by atoms with Crippen molar-refractivity contribution in [1.29, 1.82) is 0 Å². The summed E-state index contributed by atoms with van der Waals surface area (Å²) in [7, 11) is 0. The fourth-order valence-corrected chi connectivity index (χ4v) is 2.54. The number of carbonyl (C=O) groups is 2. The van der Waals surface area contributed by atoms with Gasteiger partial charge in [0.05, 0.1) is 5.92 Å². The number of halogens is 3. The van der Waals surface area contributed by atoms with Crippen LogP contribution < -0.4 is 0 Å². The lowest BCUT2D eigenvalue weighted by Crippen LogP contribution is -2.48. The summed E-state index contributed by atoms with van der Waals surface area (Å²) in [6.07, 6.45) is -2.56. The Morgan fingerprint density at radius 2 is 1.90 bits per heavy atom. The van der Waals surface area contributed by atoms with E-state index in [0.29, 0.717) is 24.2 Å². The Kier molecular flexibility index (Phi) is 5.64. The normalized spacial score (nSPS) is 20.3. The molecule has 122 valence electrons. The lowest BCUT2D eigenvalue weighted by Gasteiger charge is -2.34. The van der Waals surface area contributed by atoms with Crippen LogP contribution in [-0.2, 0) is 14.3 Å². The predicted molar refractivity (Wildman–Crippen MR) is 70.4 cm³/mol. The van der Waals surface area contributed by atoms with Gasteiger partial charge in [0.15, 0.2) is 0 Å².